The van der Waals surface area contributed by atoms with E-state index in [-0.39, 0.29) is 17.0 Å². The Hall–Kier alpha value is -2.44. The van der Waals surface area contributed by atoms with E-state index in [1.54, 1.807) is 38.0 Å². The summed E-state index contributed by atoms with van der Waals surface area (Å²) in [6.45, 7) is 1.70. The first-order valence-electron chi connectivity index (χ1n) is 6.86. The van der Waals surface area contributed by atoms with Gasteiger partial charge in [-0.3, -0.25) is 19.2 Å². The van der Waals surface area contributed by atoms with Crippen LogP contribution in [0.15, 0.2) is 17.1 Å². The molecule has 1 amide bonds. The number of nitrogens with zero attached hydrogens (tertiary/aromatic N) is 4. The molecule has 1 N–H and O–H groups in total. The van der Waals surface area contributed by atoms with Crippen molar-refractivity contribution in [1.29, 1.82) is 0 Å². The van der Waals surface area contributed by atoms with E-state index >= 15 is 0 Å². The van der Waals surface area contributed by atoms with Gasteiger partial charge in [-0.15, -0.1) is 0 Å². The molecule has 1 saturated carbocycles. The second kappa shape index (κ2) is 4.83. The Bertz CT molecular complexity index is 757. The molecule has 0 radical (unpaired) electrons. The van der Waals surface area contributed by atoms with Crippen LogP contribution < -0.4 is 10.5 Å². The molecule has 110 valence electrons. The SMILES string of the molecule is Cc1nc(C2CC2)[nH]c(=O)c1C(=O)N(C)c1ccnn1C. The van der Waals surface area contributed by atoms with Crippen LogP contribution in [0.25, 0.3) is 0 Å². The van der Waals surface area contributed by atoms with Crippen molar-refractivity contribution in [2.45, 2.75) is 25.7 Å². The Morgan fingerprint density at radius 2 is 2.19 bits per heavy atom. The molecule has 2 aromatic heterocycles. The minimum atomic E-state index is -0.382. The third-order valence-electron chi connectivity index (χ3n) is 3.74. The van der Waals surface area contributed by atoms with Crippen LogP contribution in [0.2, 0.25) is 0 Å². The number of H-pyrrole nitrogens is 1. The predicted molar refractivity (Wildman–Crippen MR) is 77.5 cm³/mol. The summed E-state index contributed by atoms with van der Waals surface area (Å²) in [5.74, 6) is 1.27. The van der Waals surface area contributed by atoms with E-state index in [9.17, 15) is 9.59 Å². The Kier molecular flexibility index (Phi) is 3.12. The average Bonchev–Trinajstić information content (AvgIpc) is 3.19. The summed E-state index contributed by atoms with van der Waals surface area (Å²) in [4.78, 5) is 33.3. The van der Waals surface area contributed by atoms with Gasteiger partial charge in [0.25, 0.3) is 11.5 Å². The lowest BCUT2D eigenvalue weighted by atomic mass is 10.2. The highest BCUT2D eigenvalue weighted by Gasteiger charge is 2.29. The summed E-state index contributed by atoms with van der Waals surface area (Å²) in [5, 5.41) is 4.03. The van der Waals surface area contributed by atoms with Gasteiger partial charge in [0.1, 0.15) is 17.2 Å². The highest BCUT2D eigenvalue weighted by Crippen LogP contribution is 2.37. The molecule has 0 unspecified atom stereocenters. The predicted octanol–water partition coefficient (Wildman–Crippen LogP) is 0.966. The molecule has 0 saturated heterocycles. The van der Waals surface area contributed by atoms with Crippen molar-refractivity contribution in [1.82, 2.24) is 19.7 Å². The molecule has 2 heterocycles. The first kappa shape index (κ1) is 13.5. The number of hydrogen-bond acceptors (Lipinski definition) is 4. The molecule has 3 rings (SSSR count). The summed E-state index contributed by atoms with van der Waals surface area (Å²) in [6, 6.07) is 1.72. The number of nitrogens with one attached hydrogen (secondary N) is 1. The second-order valence-electron chi connectivity index (χ2n) is 5.36. The van der Waals surface area contributed by atoms with Crippen molar-refractivity contribution in [3.05, 3.63) is 39.7 Å². The number of aromatic amines is 1. The lowest BCUT2D eigenvalue weighted by Gasteiger charge is -2.17. The van der Waals surface area contributed by atoms with Crippen LogP contribution in [0.1, 0.15) is 40.6 Å². The molecule has 1 aliphatic carbocycles. The van der Waals surface area contributed by atoms with E-state index in [2.05, 4.69) is 15.1 Å². The van der Waals surface area contributed by atoms with Crippen LogP contribution in [0.3, 0.4) is 0 Å². The summed E-state index contributed by atoms with van der Waals surface area (Å²) in [7, 11) is 3.36. The molecule has 2 aromatic rings. The van der Waals surface area contributed by atoms with Crippen LogP contribution in [-0.2, 0) is 7.05 Å². The Morgan fingerprint density at radius 1 is 1.48 bits per heavy atom. The van der Waals surface area contributed by atoms with Crippen molar-refractivity contribution < 1.29 is 4.79 Å². The van der Waals surface area contributed by atoms with E-state index in [0.29, 0.717) is 23.3 Å². The van der Waals surface area contributed by atoms with Gasteiger partial charge in [0.05, 0.1) is 11.9 Å². The van der Waals surface area contributed by atoms with Crippen LogP contribution in [0.5, 0.6) is 0 Å². The largest absolute Gasteiger partial charge is 0.310 e. The zero-order valence-corrected chi connectivity index (χ0v) is 12.3. The number of anilines is 1. The fourth-order valence-electron chi connectivity index (χ4n) is 2.38. The third-order valence-corrected chi connectivity index (χ3v) is 3.74. The monoisotopic (exact) mass is 287 g/mol. The lowest BCUT2D eigenvalue weighted by Crippen LogP contribution is -2.34. The number of carbonyl (C=O) groups excluding carboxylic acids is 1. The van der Waals surface area contributed by atoms with Crippen molar-refractivity contribution in [3.63, 3.8) is 0 Å². The standard InChI is InChI=1S/C14H17N5O2/c1-8-11(13(20)17-12(16-8)9-4-5-9)14(21)18(2)10-6-7-15-19(10)3/h6-7,9H,4-5H2,1-3H3,(H,16,17,20). The highest BCUT2D eigenvalue weighted by atomic mass is 16.2. The number of aromatic nitrogens is 4. The van der Waals surface area contributed by atoms with Crippen LogP contribution >= 0.6 is 0 Å². The smallest absolute Gasteiger partial charge is 0.266 e. The molecule has 0 aliphatic heterocycles. The molecule has 21 heavy (non-hydrogen) atoms. The number of rotatable bonds is 3. The van der Waals surface area contributed by atoms with E-state index in [0.717, 1.165) is 12.8 Å². The molecule has 7 heteroatoms. The fraction of sp³-hybridized carbons (Fsp3) is 0.429. The van der Waals surface area contributed by atoms with Crippen LogP contribution in [0, 0.1) is 6.92 Å². The summed E-state index contributed by atoms with van der Waals surface area (Å²) >= 11 is 0. The van der Waals surface area contributed by atoms with Gasteiger partial charge in [0.15, 0.2) is 0 Å². The van der Waals surface area contributed by atoms with E-state index in [1.165, 1.54) is 4.90 Å². The van der Waals surface area contributed by atoms with Gasteiger partial charge in [0.2, 0.25) is 0 Å². The Labute approximate surface area is 121 Å². The van der Waals surface area contributed by atoms with E-state index < -0.39 is 0 Å². The first-order chi connectivity index (χ1) is 9.99. The van der Waals surface area contributed by atoms with Crippen molar-refractivity contribution in [2.24, 2.45) is 7.05 Å². The van der Waals surface area contributed by atoms with E-state index in [4.69, 9.17) is 0 Å². The summed E-state index contributed by atoms with van der Waals surface area (Å²) in [6.07, 6.45) is 3.69. The third kappa shape index (κ3) is 2.35. The zero-order valence-electron chi connectivity index (χ0n) is 12.3. The molecular formula is C14H17N5O2. The number of hydrogen-bond donors (Lipinski definition) is 1. The van der Waals surface area contributed by atoms with Gasteiger partial charge in [-0.05, 0) is 19.8 Å². The molecule has 7 nitrogen and oxygen atoms in total. The summed E-state index contributed by atoms with van der Waals surface area (Å²) < 4.78 is 1.58. The van der Waals surface area contributed by atoms with Crippen LogP contribution in [0.4, 0.5) is 5.82 Å². The van der Waals surface area contributed by atoms with Crippen molar-refractivity contribution >= 4 is 11.7 Å². The number of carbonyl (C=O) groups is 1. The Balaban J connectivity index is 1.98. The molecule has 0 aromatic carbocycles. The highest BCUT2D eigenvalue weighted by molar-refractivity contribution is 6.05. The van der Waals surface area contributed by atoms with Crippen molar-refractivity contribution in [2.75, 3.05) is 11.9 Å². The van der Waals surface area contributed by atoms with Gasteiger partial charge in [-0.25, -0.2) is 4.98 Å². The zero-order chi connectivity index (χ0) is 15.1. The van der Waals surface area contributed by atoms with E-state index in [1.807, 2.05) is 0 Å². The minimum absolute atomic E-state index is 0.0862. The maximum atomic E-state index is 12.6. The van der Waals surface area contributed by atoms with Gasteiger partial charge in [0, 0.05) is 26.1 Å². The molecule has 1 fully saturated rings. The maximum Gasteiger partial charge on any atom is 0.266 e. The minimum Gasteiger partial charge on any atom is -0.310 e. The Morgan fingerprint density at radius 3 is 2.71 bits per heavy atom. The molecular weight excluding hydrogens is 270 g/mol. The van der Waals surface area contributed by atoms with Gasteiger partial charge < -0.3 is 4.98 Å². The average molecular weight is 287 g/mol. The number of aryl methyl sites for hydroxylation is 2. The molecule has 0 bridgehead atoms. The van der Waals surface area contributed by atoms with Crippen LogP contribution in [-0.4, -0.2) is 32.7 Å². The van der Waals surface area contributed by atoms with Crippen molar-refractivity contribution in [3.8, 4) is 0 Å². The second-order valence-corrected chi connectivity index (χ2v) is 5.36. The van der Waals surface area contributed by atoms with Gasteiger partial charge >= 0.3 is 0 Å². The first-order valence-corrected chi connectivity index (χ1v) is 6.86. The topological polar surface area (TPSA) is 83.9 Å². The van der Waals surface area contributed by atoms with Gasteiger partial charge in [-0.1, -0.05) is 0 Å². The summed E-state index contributed by atoms with van der Waals surface area (Å²) in [5.41, 5.74) is 0.186. The molecule has 1 aliphatic rings. The molecule has 0 spiro atoms. The quantitative estimate of drug-likeness (QED) is 0.911. The fourth-order valence-corrected chi connectivity index (χ4v) is 2.38. The normalized spacial score (nSPS) is 14.2. The lowest BCUT2D eigenvalue weighted by molar-refractivity contribution is 0.0989. The molecule has 0 atom stereocenters. The van der Waals surface area contributed by atoms with Gasteiger partial charge in [-0.2, -0.15) is 5.10 Å². The number of amides is 1. The maximum absolute atomic E-state index is 12.6.